The van der Waals surface area contributed by atoms with Gasteiger partial charge in [-0.2, -0.15) is 0 Å². The molecule has 0 fully saturated rings. The fourth-order valence-electron chi connectivity index (χ4n) is 3.63. The van der Waals surface area contributed by atoms with Crippen LogP contribution in [-0.4, -0.2) is 34.6 Å². The van der Waals surface area contributed by atoms with Gasteiger partial charge in [-0.15, -0.1) is 0 Å². The number of nitrogens with zero attached hydrogens (tertiary/aromatic N) is 3. The van der Waals surface area contributed by atoms with Gasteiger partial charge in [0.05, 0.1) is 25.1 Å². The van der Waals surface area contributed by atoms with Gasteiger partial charge in [0.15, 0.2) is 11.5 Å². The Balaban J connectivity index is 1.87. The van der Waals surface area contributed by atoms with Crippen LogP contribution in [0.5, 0.6) is 11.5 Å². The summed E-state index contributed by atoms with van der Waals surface area (Å²) in [7, 11) is 3.04. The van der Waals surface area contributed by atoms with E-state index in [9.17, 15) is 9.59 Å². The van der Waals surface area contributed by atoms with Crippen LogP contribution in [0, 0.1) is 0 Å². The van der Waals surface area contributed by atoms with Crippen LogP contribution < -0.4 is 15.0 Å². The number of hydrogen-bond acceptors (Lipinski definition) is 5. The van der Waals surface area contributed by atoms with Crippen molar-refractivity contribution in [2.75, 3.05) is 14.2 Å². The smallest absolute Gasteiger partial charge is 0.262 e. The zero-order chi connectivity index (χ0) is 20.7. The number of amides is 1. The van der Waals surface area contributed by atoms with Crippen molar-refractivity contribution in [2.24, 2.45) is 0 Å². The van der Waals surface area contributed by atoms with Gasteiger partial charge < -0.3 is 14.4 Å². The number of benzene rings is 2. The van der Waals surface area contributed by atoms with E-state index in [0.717, 1.165) is 5.56 Å². The highest BCUT2D eigenvalue weighted by Gasteiger charge is 2.38. The molecule has 2 heterocycles. The summed E-state index contributed by atoms with van der Waals surface area (Å²) in [6.07, 6.45) is 0. The average molecular weight is 458 g/mol. The maximum absolute atomic E-state index is 13.2. The highest BCUT2D eigenvalue weighted by molar-refractivity contribution is 9.09. The second-order valence-corrected chi connectivity index (χ2v) is 7.70. The van der Waals surface area contributed by atoms with Gasteiger partial charge in [0.2, 0.25) is 5.91 Å². The Hall–Kier alpha value is -2.87. The first-order valence-corrected chi connectivity index (χ1v) is 10.0. The molecule has 150 valence electrons. The summed E-state index contributed by atoms with van der Waals surface area (Å²) >= 11 is 3.59. The number of ether oxygens (including phenoxy) is 2. The van der Waals surface area contributed by atoms with Crippen LogP contribution in [0.1, 0.15) is 29.3 Å². The van der Waals surface area contributed by atoms with Crippen molar-refractivity contribution in [2.45, 2.75) is 24.5 Å². The van der Waals surface area contributed by atoms with Gasteiger partial charge in [0, 0.05) is 12.6 Å². The molecule has 0 aliphatic carbocycles. The van der Waals surface area contributed by atoms with Crippen LogP contribution in [-0.2, 0) is 11.3 Å². The summed E-state index contributed by atoms with van der Waals surface area (Å²) in [6, 6.07) is 12.3. The van der Waals surface area contributed by atoms with Crippen molar-refractivity contribution in [3.05, 3.63) is 64.2 Å². The molecule has 0 spiro atoms. The molecule has 0 bridgehead atoms. The molecular weight excluding hydrogens is 438 g/mol. The van der Waals surface area contributed by atoms with Gasteiger partial charge in [-0.3, -0.25) is 14.2 Å². The molecule has 0 radical (unpaired) electrons. The largest absolute Gasteiger partial charge is 0.493 e. The Morgan fingerprint density at radius 1 is 1.07 bits per heavy atom. The van der Waals surface area contributed by atoms with Gasteiger partial charge in [-0.25, -0.2) is 4.98 Å². The SMILES string of the molecule is COc1cc2nc3n(c(=O)c2cc1OC)[C@@H](C)C(=O)N(Cc1ccccc1)[C@H]3Br. The number of alkyl halides is 1. The average Bonchev–Trinajstić information content (AvgIpc) is 2.75. The molecule has 29 heavy (non-hydrogen) atoms. The van der Waals surface area contributed by atoms with Crippen molar-refractivity contribution in [1.29, 1.82) is 0 Å². The minimum atomic E-state index is -0.667. The van der Waals surface area contributed by atoms with Crippen molar-refractivity contribution in [3.8, 4) is 11.5 Å². The summed E-state index contributed by atoms with van der Waals surface area (Å²) < 4.78 is 12.1. The molecule has 2 aromatic carbocycles. The Labute approximate surface area is 176 Å². The predicted molar refractivity (Wildman–Crippen MR) is 112 cm³/mol. The first kappa shape index (κ1) is 19.4. The molecule has 0 N–H and O–H groups in total. The fourth-order valence-corrected chi connectivity index (χ4v) is 4.29. The van der Waals surface area contributed by atoms with E-state index >= 15 is 0 Å². The van der Waals surface area contributed by atoms with E-state index in [2.05, 4.69) is 15.9 Å². The highest BCUT2D eigenvalue weighted by atomic mass is 79.9. The monoisotopic (exact) mass is 457 g/mol. The molecule has 1 aliphatic rings. The summed E-state index contributed by atoms with van der Waals surface area (Å²) in [5.74, 6) is 1.27. The van der Waals surface area contributed by atoms with Crippen LogP contribution in [0.4, 0.5) is 0 Å². The van der Waals surface area contributed by atoms with Crippen LogP contribution >= 0.6 is 15.9 Å². The number of carbonyl (C=O) groups is 1. The fraction of sp³-hybridized carbons (Fsp3) is 0.286. The number of aromatic nitrogens is 2. The lowest BCUT2D eigenvalue weighted by molar-refractivity contribution is -0.137. The van der Waals surface area contributed by atoms with Gasteiger partial charge in [-0.05, 0) is 18.6 Å². The number of hydrogen-bond donors (Lipinski definition) is 0. The van der Waals surface area contributed by atoms with Gasteiger partial charge >= 0.3 is 0 Å². The van der Waals surface area contributed by atoms with E-state index in [1.165, 1.54) is 18.8 Å². The second kappa shape index (κ2) is 7.51. The van der Waals surface area contributed by atoms with Crippen molar-refractivity contribution in [1.82, 2.24) is 14.5 Å². The molecule has 0 unspecified atom stereocenters. The van der Waals surface area contributed by atoms with E-state index in [-0.39, 0.29) is 11.5 Å². The zero-order valence-electron chi connectivity index (χ0n) is 16.3. The molecule has 4 rings (SSSR count). The molecule has 1 amide bonds. The maximum Gasteiger partial charge on any atom is 0.262 e. The summed E-state index contributed by atoms with van der Waals surface area (Å²) in [4.78, 5) is 32.2. The third-order valence-corrected chi connectivity index (χ3v) is 6.05. The van der Waals surface area contributed by atoms with Crippen LogP contribution in [0.2, 0.25) is 0 Å². The van der Waals surface area contributed by atoms with E-state index in [4.69, 9.17) is 14.5 Å². The third-order valence-electron chi connectivity index (χ3n) is 5.14. The predicted octanol–water partition coefficient (Wildman–Crippen LogP) is 3.41. The summed E-state index contributed by atoms with van der Waals surface area (Å²) in [6.45, 7) is 2.14. The Bertz CT molecular complexity index is 1150. The summed E-state index contributed by atoms with van der Waals surface area (Å²) in [5, 5.41) is 0.377. The van der Waals surface area contributed by atoms with Crippen molar-refractivity contribution >= 4 is 32.7 Å². The second-order valence-electron chi connectivity index (χ2n) is 6.83. The molecule has 7 nitrogen and oxygen atoms in total. The van der Waals surface area contributed by atoms with Crippen LogP contribution in [0.3, 0.4) is 0 Å². The molecule has 0 saturated carbocycles. The highest BCUT2D eigenvalue weighted by Crippen LogP contribution is 2.37. The number of halogens is 1. The molecule has 2 atom stereocenters. The maximum atomic E-state index is 13.2. The van der Waals surface area contributed by atoms with Crippen LogP contribution in [0.25, 0.3) is 10.9 Å². The normalized spacial score (nSPS) is 18.6. The first-order chi connectivity index (χ1) is 14.0. The lowest BCUT2D eigenvalue weighted by Gasteiger charge is -2.37. The van der Waals surface area contributed by atoms with Gasteiger partial charge in [0.1, 0.15) is 16.8 Å². The number of carbonyl (C=O) groups excluding carboxylic acids is 1. The molecule has 0 saturated heterocycles. The van der Waals surface area contributed by atoms with Gasteiger partial charge in [0.25, 0.3) is 5.56 Å². The third kappa shape index (κ3) is 3.17. The zero-order valence-corrected chi connectivity index (χ0v) is 17.8. The van der Waals surface area contributed by atoms with E-state index in [1.807, 2.05) is 30.3 Å². The Kier molecular flexibility index (Phi) is 5.04. The van der Waals surface area contributed by atoms with Crippen LogP contribution in [0.15, 0.2) is 47.3 Å². The minimum Gasteiger partial charge on any atom is -0.493 e. The van der Waals surface area contributed by atoms with E-state index in [0.29, 0.717) is 34.8 Å². The standard InChI is InChI=1S/C21H20BrN3O4/c1-12-20(26)24(11-13-7-5-4-6-8-13)18(22)19-23-15-10-17(29-3)16(28-2)9-14(15)21(27)25(12)19/h4-10,12,18H,11H2,1-3H3/t12-,18+/m0/s1. The molecule has 3 aromatic rings. The Morgan fingerprint density at radius 3 is 2.38 bits per heavy atom. The molecule has 1 aliphatic heterocycles. The first-order valence-electron chi connectivity index (χ1n) is 9.13. The quantitative estimate of drug-likeness (QED) is 0.443. The number of fused-ring (bicyclic) bond motifs is 2. The number of rotatable bonds is 4. The Morgan fingerprint density at radius 2 is 1.72 bits per heavy atom. The van der Waals surface area contributed by atoms with E-state index < -0.39 is 11.0 Å². The lowest BCUT2D eigenvalue weighted by atomic mass is 10.1. The molecular formula is C21H20BrN3O4. The lowest BCUT2D eigenvalue weighted by Crippen LogP contribution is -2.47. The topological polar surface area (TPSA) is 73.7 Å². The molecule has 1 aromatic heterocycles. The van der Waals surface area contributed by atoms with Crippen molar-refractivity contribution < 1.29 is 14.3 Å². The number of methoxy groups -OCH3 is 2. The van der Waals surface area contributed by atoms with Gasteiger partial charge in [-0.1, -0.05) is 46.3 Å². The minimum absolute atomic E-state index is 0.146. The van der Waals surface area contributed by atoms with Crippen molar-refractivity contribution in [3.63, 3.8) is 0 Å². The summed E-state index contributed by atoms with van der Waals surface area (Å²) in [5.41, 5.74) is 1.21. The molecule has 8 heteroatoms. The van der Waals surface area contributed by atoms with E-state index in [1.54, 1.807) is 24.0 Å².